The van der Waals surface area contributed by atoms with Crippen molar-refractivity contribution in [1.82, 2.24) is 5.32 Å². The van der Waals surface area contributed by atoms with Crippen molar-refractivity contribution in [3.8, 4) is 11.5 Å². The van der Waals surface area contributed by atoms with E-state index >= 15 is 0 Å². The SMILES string of the molecule is O=C(NCCOc1cccc2ccccc12)[C@@H]1CN(S(=O)(=O)c2ccc(Cl)cc2)c2ccccc2O1. The molecule has 0 saturated carbocycles. The van der Waals surface area contributed by atoms with Crippen LogP contribution in [0.4, 0.5) is 5.69 Å². The van der Waals surface area contributed by atoms with Crippen LogP contribution in [0, 0.1) is 0 Å². The molecule has 9 heteroatoms. The van der Waals surface area contributed by atoms with Crippen LogP contribution in [0.5, 0.6) is 11.5 Å². The molecule has 0 spiro atoms. The fourth-order valence-corrected chi connectivity index (χ4v) is 5.67. The lowest BCUT2D eigenvalue weighted by molar-refractivity contribution is -0.127. The van der Waals surface area contributed by atoms with Gasteiger partial charge in [0, 0.05) is 10.4 Å². The number of carbonyl (C=O) groups is 1. The van der Waals surface area contributed by atoms with Crippen LogP contribution in [0.25, 0.3) is 10.8 Å². The largest absolute Gasteiger partial charge is 0.491 e. The molecule has 5 rings (SSSR count). The minimum Gasteiger partial charge on any atom is -0.491 e. The fourth-order valence-electron chi connectivity index (χ4n) is 4.07. The summed E-state index contributed by atoms with van der Waals surface area (Å²) in [5, 5.41) is 5.28. The molecule has 1 aliphatic heterocycles. The number of amides is 1. The number of hydrogen-bond donors (Lipinski definition) is 1. The maximum Gasteiger partial charge on any atom is 0.264 e. The van der Waals surface area contributed by atoms with Gasteiger partial charge < -0.3 is 14.8 Å². The van der Waals surface area contributed by atoms with Crippen LogP contribution in [0.3, 0.4) is 0 Å². The Kier molecular flexibility index (Phi) is 6.71. The fraction of sp³-hybridized carbons (Fsp3) is 0.148. The molecule has 4 aromatic rings. The lowest BCUT2D eigenvalue weighted by atomic mass is 10.1. The first-order valence-electron chi connectivity index (χ1n) is 11.4. The van der Waals surface area contributed by atoms with Gasteiger partial charge in [-0.2, -0.15) is 0 Å². The van der Waals surface area contributed by atoms with Gasteiger partial charge in [0.1, 0.15) is 18.1 Å². The third-order valence-electron chi connectivity index (χ3n) is 5.84. The first kappa shape index (κ1) is 24.0. The Labute approximate surface area is 214 Å². The van der Waals surface area contributed by atoms with E-state index in [4.69, 9.17) is 21.1 Å². The third-order valence-corrected chi connectivity index (χ3v) is 7.88. The normalized spacial score (nSPS) is 15.1. The van der Waals surface area contributed by atoms with Gasteiger partial charge >= 0.3 is 0 Å². The number of halogens is 1. The van der Waals surface area contributed by atoms with Gasteiger partial charge in [0.15, 0.2) is 6.10 Å². The number of benzene rings is 4. The Balaban J connectivity index is 1.28. The summed E-state index contributed by atoms with van der Waals surface area (Å²) in [5.41, 5.74) is 0.371. The van der Waals surface area contributed by atoms with Crippen LogP contribution in [-0.4, -0.2) is 40.1 Å². The first-order valence-corrected chi connectivity index (χ1v) is 13.2. The number of nitrogens with zero attached hydrogens (tertiary/aromatic N) is 1. The highest BCUT2D eigenvalue weighted by Crippen LogP contribution is 2.37. The van der Waals surface area contributed by atoms with E-state index < -0.39 is 22.0 Å². The number of anilines is 1. The van der Waals surface area contributed by atoms with E-state index in [0.717, 1.165) is 16.5 Å². The third kappa shape index (κ3) is 4.82. The molecule has 0 fully saturated rings. The number of sulfonamides is 1. The van der Waals surface area contributed by atoms with Crippen molar-refractivity contribution < 1.29 is 22.7 Å². The zero-order chi connectivity index (χ0) is 25.1. The van der Waals surface area contributed by atoms with Crippen molar-refractivity contribution >= 4 is 44.0 Å². The molecule has 1 atom stereocenters. The molecule has 1 amide bonds. The van der Waals surface area contributed by atoms with Gasteiger partial charge in [-0.1, -0.05) is 60.1 Å². The summed E-state index contributed by atoms with van der Waals surface area (Å²) in [7, 11) is -3.95. The average molecular weight is 523 g/mol. The number of para-hydroxylation sites is 2. The number of rotatable bonds is 7. The molecule has 1 aliphatic rings. The lowest BCUT2D eigenvalue weighted by Crippen LogP contribution is -2.51. The van der Waals surface area contributed by atoms with E-state index in [1.165, 1.54) is 28.6 Å². The molecule has 0 aliphatic carbocycles. The summed E-state index contributed by atoms with van der Waals surface area (Å²) in [6.07, 6.45) is -1.03. The Hall–Kier alpha value is -3.75. The van der Waals surface area contributed by atoms with Gasteiger partial charge in [-0.05, 0) is 47.9 Å². The summed E-state index contributed by atoms with van der Waals surface area (Å²) in [4.78, 5) is 13.0. The number of ether oxygens (including phenoxy) is 2. The number of nitrogens with one attached hydrogen (secondary N) is 1. The highest BCUT2D eigenvalue weighted by molar-refractivity contribution is 7.92. The van der Waals surface area contributed by atoms with Crippen LogP contribution in [0.15, 0.2) is 95.9 Å². The summed E-state index contributed by atoms with van der Waals surface area (Å²) in [6.45, 7) is 0.307. The molecular formula is C27H23ClN2O5S. The Morgan fingerprint density at radius 2 is 1.69 bits per heavy atom. The quantitative estimate of drug-likeness (QED) is 0.357. The summed E-state index contributed by atoms with van der Waals surface area (Å²) in [6, 6.07) is 26.3. The van der Waals surface area contributed by atoms with Crippen molar-refractivity contribution in [2.24, 2.45) is 0 Å². The first-order chi connectivity index (χ1) is 17.4. The molecular weight excluding hydrogens is 500 g/mol. The zero-order valence-corrected chi connectivity index (χ0v) is 20.7. The Morgan fingerprint density at radius 3 is 2.53 bits per heavy atom. The van der Waals surface area contributed by atoms with Gasteiger partial charge in [-0.3, -0.25) is 9.10 Å². The Bertz CT molecular complexity index is 1500. The highest BCUT2D eigenvalue weighted by Gasteiger charge is 2.37. The maximum atomic E-state index is 13.4. The van der Waals surface area contributed by atoms with Crippen molar-refractivity contribution in [3.63, 3.8) is 0 Å². The maximum absolute atomic E-state index is 13.4. The molecule has 0 aromatic heterocycles. The van der Waals surface area contributed by atoms with Crippen LogP contribution in [-0.2, 0) is 14.8 Å². The molecule has 1 heterocycles. The lowest BCUT2D eigenvalue weighted by Gasteiger charge is -2.34. The van der Waals surface area contributed by atoms with Crippen molar-refractivity contribution in [3.05, 3.63) is 96.0 Å². The van der Waals surface area contributed by atoms with Gasteiger partial charge in [0.25, 0.3) is 15.9 Å². The predicted molar refractivity (Wildman–Crippen MR) is 139 cm³/mol. The minimum atomic E-state index is -3.95. The molecule has 0 bridgehead atoms. The standard InChI is InChI=1S/C27H23ClN2O5S/c28-20-12-14-21(15-13-20)36(32,33)30-18-26(35-25-10-4-3-9-23(25)30)27(31)29-16-17-34-24-11-5-7-19-6-1-2-8-22(19)24/h1-15,26H,16-18H2,(H,29,31)/t26-/m0/s1. The second kappa shape index (κ2) is 10.1. The Morgan fingerprint density at radius 1 is 0.972 bits per heavy atom. The van der Waals surface area contributed by atoms with Crippen LogP contribution in [0.1, 0.15) is 0 Å². The number of hydrogen-bond acceptors (Lipinski definition) is 5. The van der Waals surface area contributed by atoms with E-state index in [1.54, 1.807) is 24.3 Å². The summed E-state index contributed by atoms with van der Waals surface area (Å²) in [5.74, 6) is 0.612. The van der Waals surface area contributed by atoms with Gasteiger partial charge in [-0.15, -0.1) is 0 Å². The number of carbonyl (C=O) groups excluding carboxylic acids is 1. The molecule has 0 saturated heterocycles. The molecule has 184 valence electrons. The van der Waals surface area contributed by atoms with Crippen molar-refractivity contribution in [2.75, 3.05) is 24.0 Å². The molecule has 1 N–H and O–H groups in total. The van der Waals surface area contributed by atoms with E-state index in [1.807, 2.05) is 42.5 Å². The van der Waals surface area contributed by atoms with Gasteiger partial charge in [-0.25, -0.2) is 8.42 Å². The molecule has 0 radical (unpaired) electrons. The molecule has 36 heavy (non-hydrogen) atoms. The van der Waals surface area contributed by atoms with Crippen molar-refractivity contribution in [2.45, 2.75) is 11.0 Å². The van der Waals surface area contributed by atoms with E-state index in [0.29, 0.717) is 16.5 Å². The smallest absolute Gasteiger partial charge is 0.264 e. The zero-order valence-electron chi connectivity index (χ0n) is 19.1. The second-order valence-corrected chi connectivity index (χ2v) is 10.5. The van der Waals surface area contributed by atoms with E-state index in [2.05, 4.69) is 5.32 Å². The molecule has 0 unspecified atom stereocenters. The van der Waals surface area contributed by atoms with Gasteiger partial charge in [0.2, 0.25) is 0 Å². The second-order valence-electron chi connectivity index (χ2n) is 8.18. The van der Waals surface area contributed by atoms with Gasteiger partial charge in [0.05, 0.1) is 23.7 Å². The highest BCUT2D eigenvalue weighted by atomic mass is 35.5. The topological polar surface area (TPSA) is 84.9 Å². The van der Waals surface area contributed by atoms with Crippen molar-refractivity contribution in [1.29, 1.82) is 0 Å². The van der Waals surface area contributed by atoms with Crippen LogP contribution in [0.2, 0.25) is 5.02 Å². The number of fused-ring (bicyclic) bond motifs is 2. The summed E-state index contributed by atoms with van der Waals surface area (Å²) < 4.78 is 39.8. The predicted octanol–water partition coefficient (Wildman–Crippen LogP) is 4.64. The average Bonchev–Trinajstić information content (AvgIpc) is 2.90. The summed E-state index contributed by atoms with van der Waals surface area (Å²) >= 11 is 5.93. The molecule has 7 nitrogen and oxygen atoms in total. The van der Waals surface area contributed by atoms with E-state index in [9.17, 15) is 13.2 Å². The molecule has 4 aromatic carbocycles. The van der Waals surface area contributed by atoms with Crippen LogP contribution >= 0.6 is 11.6 Å². The van der Waals surface area contributed by atoms with E-state index in [-0.39, 0.29) is 24.6 Å². The monoisotopic (exact) mass is 522 g/mol. The van der Waals surface area contributed by atoms with Crippen LogP contribution < -0.4 is 19.1 Å². The minimum absolute atomic E-state index is 0.0752.